The number of carbonyl (C=O) groups is 2. The maximum absolute atomic E-state index is 14.3. The Kier molecular flexibility index (Phi) is 5.65. The van der Waals surface area contributed by atoms with Gasteiger partial charge in [-0.1, -0.05) is 37.9 Å². The van der Waals surface area contributed by atoms with E-state index in [1.165, 1.54) is 16.7 Å². The lowest BCUT2D eigenvalue weighted by molar-refractivity contribution is -0.145. The Morgan fingerprint density at radius 3 is 2.50 bits per heavy atom. The molecule has 0 fully saturated rings. The Labute approximate surface area is 178 Å². The highest BCUT2D eigenvalue weighted by Gasteiger charge is 2.44. The van der Waals surface area contributed by atoms with Crippen molar-refractivity contribution in [1.82, 2.24) is 4.57 Å². The van der Waals surface area contributed by atoms with E-state index < -0.39 is 28.9 Å². The molecule has 1 unspecified atom stereocenters. The number of carboxylic acid groups (broad SMARTS) is 1. The van der Waals surface area contributed by atoms with E-state index in [4.69, 9.17) is 11.6 Å². The first-order valence-corrected chi connectivity index (χ1v) is 9.99. The first-order valence-electron chi connectivity index (χ1n) is 9.61. The average Bonchev–Trinajstić information content (AvgIpc) is 2.97. The molecule has 2 aromatic carbocycles. The van der Waals surface area contributed by atoms with Crippen LogP contribution in [0.5, 0.6) is 5.75 Å². The second kappa shape index (κ2) is 7.76. The third kappa shape index (κ3) is 3.25. The maximum Gasteiger partial charge on any atom is 0.314 e. The Bertz CT molecular complexity index is 1170. The van der Waals surface area contributed by atoms with Crippen LogP contribution in [0.25, 0.3) is 10.9 Å². The smallest absolute Gasteiger partial charge is 0.314 e. The number of aromatic nitrogens is 1. The molecule has 0 amide bonds. The molecule has 0 aliphatic rings. The van der Waals surface area contributed by atoms with Crippen LogP contribution in [0.4, 0.5) is 4.39 Å². The molecule has 0 bridgehead atoms. The van der Waals surface area contributed by atoms with Crippen molar-refractivity contribution in [2.24, 2.45) is 5.92 Å². The van der Waals surface area contributed by atoms with Crippen LogP contribution < -0.4 is 0 Å². The molecule has 0 saturated heterocycles. The Morgan fingerprint density at radius 2 is 1.93 bits per heavy atom. The van der Waals surface area contributed by atoms with Crippen molar-refractivity contribution in [3.8, 4) is 5.75 Å². The zero-order valence-electron chi connectivity index (χ0n) is 17.2. The lowest BCUT2D eigenvalue weighted by atomic mass is 9.70. The summed E-state index contributed by atoms with van der Waals surface area (Å²) in [5, 5.41) is 20.8. The molecule has 0 aliphatic carbocycles. The van der Waals surface area contributed by atoms with Gasteiger partial charge in [-0.25, -0.2) is 4.39 Å². The summed E-state index contributed by atoms with van der Waals surface area (Å²) < 4.78 is 15.6. The standard InChI is InChI=1S/C23H23ClFNO4/c1-5-12(2)23(4,22(29)30)20-13(3)26(18-11-17(25)19(27)10-16(18)20)21(28)14-7-6-8-15(24)9-14/h6-12,27H,5H2,1-4H3,(H,29,30)/t12?,23-/m1/s1. The van der Waals surface area contributed by atoms with Crippen LogP contribution in [-0.2, 0) is 10.2 Å². The molecule has 2 N–H and O–H groups in total. The summed E-state index contributed by atoms with van der Waals surface area (Å²) in [7, 11) is 0. The van der Waals surface area contributed by atoms with E-state index in [0.717, 1.165) is 6.07 Å². The van der Waals surface area contributed by atoms with E-state index in [2.05, 4.69) is 0 Å². The number of benzene rings is 2. The Morgan fingerprint density at radius 1 is 1.27 bits per heavy atom. The minimum atomic E-state index is -1.36. The highest BCUT2D eigenvalue weighted by atomic mass is 35.5. The number of halogens is 2. The molecule has 0 saturated carbocycles. The van der Waals surface area contributed by atoms with Crippen molar-refractivity contribution in [2.75, 3.05) is 0 Å². The first-order chi connectivity index (χ1) is 14.0. The predicted octanol–water partition coefficient (Wildman–Crippen LogP) is 5.52. The predicted molar refractivity (Wildman–Crippen MR) is 114 cm³/mol. The molecular weight excluding hydrogens is 409 g/mol. The third-order valence-corrected chi connectivity index (χ3v) is 6.34. The van der Waals surface area contributed by atoms with E-state index in [-0.39, 0.29) is 17.0 Å². The zero-order valence-corrected chi connectivity index (χ0v) is 17.9. The summed E-state index contributed by atoms with van der Waals surface area (Å²) in [6.45, 7) is 6.93. The fourth-order valence-corrected chi connectivity index (χ4v) is 4.25. The lowest BCUT2D eigenvalue weighted by Crippen LogP contribution is -2.39. The van der Waals surface area contributed by atoms with Gasteiger partial charge in [0, 0.05) is 27.7 Å². The quantitative estimate of drug-likeness (QED) is 0.557. The minimum Gasteiger partial charge on any atom is -0.505 e. The van der Waals surface area contributed by atoms with Crippen molar-refractivity contribution in [3.05, 3.63) is 64.1 Å². The highest BCUT2D eigenvalue weighted by Crippen LogP contribution is 2.43. The second-order valence-corrected chi connectivity index (χ2v) is 8.19. The molecule has 0 aliphatic heterocycles. The summed E-state index contributed by atoms with van der Waals surface area (Å²) in [6, 6.07) is 8.59. The van der Waals surface area contributed by atoms with Crippen LogP contribution in [-0.4, -0.2) is 26.7 Å². The summed E-state index contributed by atoms with van der Waals surface area (Å²) in [5.41, 5.74) is -0.127. The first kappa shape index (κ1) is 21.8. The van der Waals surface area contributed by atoms with Gasteiger partial charge in [0.05, 0.1) is 10.9 Å². The SMILES string of the molecule is CCC(C)[C@@](C)(C(=O)O)c1c(C)n(C(=O)c2cccc(Cl)c2)c2cc(F)c(O)cc12. The van der Waals surface area contributed by atoms with Gasteiger partial charge in [0.25, 0.3) is 5.91 Å². The van der Waals surface area contributed by atoms with Crippen LogP contribution in [0.1, 0.15) is 48.8 Å². The molecule has 0 spiro atoms. The topological polar surface area (TPSA) is 79.5 Å². The second-order valence-electron chi connectivity index (χ2n) is 7.75. The van der Waals surface area contributed by atoms with Crippen molar-refractivity contribution >= 4 is 34.4 Å². The number of hydrogen-bond donors (Lipinski definition) is 2. The Hall–Kier alpha value is -2.86. The van der Waals surface area contributed by atoms with Gasteiger partial charge in [0.2, 0.25) is 0 Å². The number of aromatic hydroxyl groups is 1. The van der Waals surface area contributed by atoms with Gasteiger partial charge >= 0.3 is 5.97 Å². The fourth-order valence-electron chi connectivity index (χ4n) is 4.06. The van der Waals surface area contributed by atoms with E-state index in [1.807, 2.05) is 13.8 Å². The van der Waals surface area contributed by atoms with Crippen molar-refractivity contribution in [3.63, 3.8) is 0 Å². The molecular formula is C23H23ClFNO4. The number of phenolic OH excluding ortho intramolecular Hbond substituents is 1. The molecule has 3 rings (SSSR count). The monoisotopic (exact) mass is 431 g/mol. The van der Waals surface area contributed by atoms with Gasteiger partial charge < -0.3 is 10.2 Å². The number of nitrogens with zero attached hydrogens (tertiary/aromatic N) is 1. The van der Waals surface area contributed by atoms with Crippen LogP contribution in [0.3, 0.4) is 0 Å². The summed E-state index contributed by atoms with van der Waals surface area (Å²) in [6.07, 6.45) is 0.574. The number of carbonyl (C=O) groups excluding carboxylic acids is 1. The fraction of sp³-hybridized carbons (Fsp3) is 0.304. The molecule has 30 heavy (non-hydrogen) atoms. The third-order valence-electron chi connectivity index (χ3n) is 6.11. The zero-order chi connectivity index (χ0) is 22.4. The minimum absolute atomic E-state index is 0.193. The van der Waals surface area contributed by atoms with Crippen LogP contribution >= 0.6 is 11.6 Å². The number of hydrogen-bond acceptors (Lipinski definition) is 3. The largest absolute Gasteiger partial charge is 0.505 e. The number of carboxylic acids is 1. The van der Waals surface area contributed by atoms with Crippen LogP contribution in [0, 0.1) is 18.7 Å². The number of aliphatic carboxylic acids is 1. The van der Waals surface area contributed by atoms with Gasteiger partial charge in [-0.15, -0.1) is 0 Å². The molecule has 5 nitrogen and oxygen atoms in total. The van der Waals surface area contributed by atoms with E-state index in [0.29, 0.717) is 28.1 Å². The number of rotatable bonds is 5. The van der Waals surface area contributed by atoms with Gasteiger partial charge in [-0.3, -0.25) is 14.2 Å². The summed E-state index contributed by atoms with van der Waals surface area (Å²) >= 11 is 6.03. The molecule has 3 aromatic rings. The van der Waals surface area contributed by atoms with Crippen molar-refractivity contribution < 1.29 is 24.2 Å². The molecule has 0 radical (unpaired) electrons. The molecule has 1 heterocycles. The molecule has 1 aromatic heterocycles. The lowest BCUT2D eigenvalue weighted by Gasteiger charge is -2.32. The van der Waals surface area contributed by atoms with Crippen LogP contribution in [0.2, 0.25) is 5.02 Å². The van der Waals surface area contributed by atoms with Crippen molar-refractivity contribution in [2.45, 2.75) is 39.5 Å². The van der Waals surface area contributed by atoms with Crippen molar-refractivity contribution in [1.29, 1.82) is 0 Å². The molecule has 7 heteroatoms. The summed E-state index contributed by atoms with van der Waals surface area (Å²) in [4.78, 5) is 25.8. The highest BCUT2D eigenvalue weighted by molar-refractivity contribution is 6.31. The van der Waals surface area contributed by atoms with E-state index in [9.17, 15) is 24.2 Å². The number of phenols is 1. The van der Waals surface area contributed by atoms with E-state index >= 15 is 0 Å². The van der Waals surface area contributed by atoms with Crippen LogP contribution in [0.15, 0.2) is 36.4 Å². The number of fused-ring (bicyclic) bond motifs is 1. The molecule has 2 atom stereocenters. The maximum atomic E-state index is 14.3. The van der Waals surface area contributed by atoms with Gasteiger partial charge in [0.1, 0.15) is 0 Å². The Balaban J connectivity index is 2.43. The van der Waals surface area contributed by atoms with Gasteiger partial charge in [0.15, 0.2) is 11.6 Å². The summed E-state index contributed by atoms with van der Waals surface area (Å²) in [5.74, 6) is -3.31. The average molecular weight is 432 g/mol. The van der Waals surface area contributed by atoms with Gasteiger partial charge in [-0.05, 0) is 49.6 Å². The van der Waals surface area contributed by atoms with Gasteiger partial charge in [-0.2, -0.15) is 0 Å². The normalized spacial score (nSPS) is 14.5. The molecule has 158 valence electrons. The van der Waals surface area contributed by atoms with E-state index in [1.54, 1.807) is 32.0 Å².